The molecule has 0 saturated heterocycles. The quantitative estimate of drug-likeness (QED) is 0.649. The number of carbonyl (C=O) groups excluding carboxylic acids is 1. The van der Waals surface area contributed by atoms with Gasteiger partial charge >= 0.3 is 0 Å². The molecule has 0 aliphatic heterocycles. The molecule has 9 heteroatoms. The van der Waals surface area contributed by atoms with Gasteiger partial charge in [0.1, 0.15) is 0 Å². The lowest BCUT2D eigenvalue weighted by atomic mass is 10.2. The summed E-state index contributed by atoms with van der Waals surface area (Å²) in [5, 5.41) is 13.7. The lowest BCUT2D eigenvalue weighted by Crippen LogP contribution is -2.27. The molecule has 2 rings (SSSR count). The maximum absolute atomic E-state index is 11.9. The van der Waals surface area contributed by atoms with Gasteiger partial charge in [-0.15, -0.1) is 10.2 Å². The molecule has 0 saturated carbocycles. The minimum atomic E-state index is -0.311. The van der Waals surface area contributed by atoms with Crippen LogP contribution in [0.25, 0.3) is 0 Å². The summed E-state index contributed by atoms with van der Waals surface area (Å²) in [6.45, 7) is 0.836. The number of rotatable bonds is 9. The zero-order chi connectivity index (χ0) is 18.9. The second-order valence-corrected chi connectivity index (χ2v) is 5.09. The number of hydrogen-bond acceptors (Lipinski definition) is 8. The van der Waals surface area contributed by atoms with Crippen LogP contribution >= 0.6 is 0 Å². The van der Waals surface area contributed by atoms with Crippen molar-refractivity contribution in [3.05, 3.63) is 30.0 Å². The van der Waals surface area contributed by atoms with E-state index in [4.69, 9.17) is 18.9 Å². The van der Waals surface area contributed by atoms with Crippen LogP contribution in [0.4, 0.5) is 11.5 Å². The number of aromatic nitrogens is 2. The smallest absolute Gasteiger partial charge is 0.271 e. The van der Waals surface area contributed by atoms with Crippen LogP contribution in [-0.2, 0) is 4.74 Å². The molecule has 2 N–H and O–H groups in total. The SMILES string of the molecule is COCCNC(=O)c1ccc(Nc2cc(OC)c(OC)c(OC)c2)nn1. The van der Waals surface area contributed by atoms with E-state index in [1.54, 1.807) is 31.4 Å². The van der Waals surface area contributed by atoms with Crippen molar-refractivity contribution in [1.29, 1.82) is 0 Å². The van der Waals surface area contributed by atoms with E-state index >= 15 is 0 Å². The summed E-state index contributed by atoms with van der Waals surface area (Å²) in [7, 11) is 6.18. The molecule has 1 heterocycles. The molecule has 0 unspecified atom stereocenters. The Morgan fingerprint density at radius 1 is 1.00 bits per heavy atom. The molecule has 26 heavy (non-hydrogen) atoms. The molecule has 1 amide bonds. The Morgan fingerprint density at radius 3 is 2.19 bits per heavy atom. The summed E-state index contributed by atoms with van der Waals surface area (Å²) in [5.41, 5.74) is 0.891. The van der Waals surface area contributed by atoms with Gasteiger partial charge in [-0.3, -0.25) is 4.79 Å². The molecular formula is C17H22N4O5. The van der Waals surface area contributed by atoms with Gasteiger partial charge in [0, 0.05) is 31.5 Å². The van der Waals surface area contributed by atoms with E-state index < -0.39 is 0 Å². The first-order valence-electron chi connectivity index (χ1n) is 7.80. The van der Waals surface area contributed by atoms with Gasteiger partial charge in [-0.2, -0.15) is 0 Å². The summed E-state index contributed by atoms with van der Waals surface area (Å²) in [5.74, 6) is 1.67. The fourth-order valence-electron chi connectivity index (χ4n) is 2.18. The van der Waals surface area contributed by atoms with Crippen molar-refractivity contribution in [2.45, 2.75) is 0 Å². The van der Waals surface area contributed by atoms with Crippen LogP contribution < -0.4 is 24.8 Å². The van der Waals surface area contributed by atoms with Crippen molar-refractivity contribution in [3.8, 4) is 17.2 Å². The third kappa shape index (κ3) is 4.73. The Labute approximate surface area is 151 Å². The van der Waals surface area contributed by atoms with Crippen LogP contribution in [0.1, 0.15) is 10.5 Å². The minimum absolute atomic E-state index is 0.219. The topological polar surface area (TPSA) is 104 Å². The minimum Gasteiger partial charge on any atom is -0.493 e. The lowest BCUT2D eigenvalue weighted by molar-refractivity contribution is 0.0931. The number of methoxy groups -OCH3 is 4. The molecule has 9 nitrogen and oxygen atoms in total. The first-order chi connectivity index (χ1) is 12.6. The highest BCUT2D eigenvalue weighted by Gasteiger charge is 2.14. The van der Waals surface area contributed by atoms with Gasteiger partial charge in [-0.05, 0) is 12.1 Å². The summed E-state index contributed by atoms with van der Waals surface area (Å²) in [4.78, 5) is 11.9. The summed E-state index contributed by atoms with van der Waals surface area (Å²) in [6, 6.07) is 6.72. The van der Waals surface area contributed by atoms with Gasteiger partial charge in [0.2, 0.25) is 5.75 Å². The fourth-order valence-corrected chi connectivity index (χ4v) is 2.18. The fraction of sp³-hybridized carbons (Fsp3) is 0.353. The highest BCUT2D eigenvalue weighted by molar-refractivity contribution is 5.92. The maximum atomic E-state index is 11.9. The standard InChI is InChI=1S/C17H22N4O5/c1-23-8-7-18-17(22)12-5-6-15(21-20-12)19-11-9-13(24-2)16(26-4)14(10-11)25-3/h5-6,9-10H,7-8H2,1-4H3,(H,18,22)(H,19,21). The van der Waals surface area contributed by atoms with Crippen molar-refractivity contribution in [1.82, 2.24) is 15.5 Å². The molecule has 0 spiro atoms. The number of amides is 1. The average Bonchev–Trinajstić information content (AvgIpc) is 2.67. The van der Waals surface area contributed by atoms with E-state index in [1.807, 2.05) is 0 Å². The van der Waals surface area contributed by atoms with Gasteiger partial charge in [0.05, 0.1) is 27.9 Å². The number of anilines is 2. The molecule has 0 atom stereocenters. The summed E-state index contributed by atoms with van der Waals surface area (Å²) in [6.07, 6.45) is 0. The van der Waals surface area contributed by atoms with Crippen LogP contribution in [0.15, 0.2) is 24.3 Å². The maximum Gasteiger partial charge on any atom is 0.271 e. The summed E-state index contributed by atoms with van der Waals surface area (Å²) < 4.78 is 20.8. The van der Waals surface area contributed by atoms with Crippen molar-refractivity contribution in [2.24, 2.45) is 0 Å². The Hall–Kier alpha value is -3.07. The van der Waals surface area contributed by atoms with Crippen LogP contribution in [-0.4, -0.2) is 57.7 Å². The van der Waals surface area contributed by atoms with E-state index in [9.17, 15) is 4.79 Å². The second-order valence-electron chi connectivity index (χ2n) is 5.09. The Kier molecular flexibility index (Phi) is 6.98. The number of hydrogen-bond donors (Lipinski definition) is 2. The molecule has 0 radical (unpaired) electrons. The van der Waals surface area contributed by atoms with Crippen LogP contribution in [0.5, 0.6) is 17.2 Å². The third-order valence-corrected chi connectivity index (χ3v) is 3.43. The number of ether oxygens (including phenoxy) is 4. The molecule has 0 aliphatic carbocycles. The zero-order valence-electron chi connectivity index (χ0n) is 15.2. The van der Waals surface area contributed by atoms with E-state index in [-0.39, 0.29) is 11.6 Å². The second kappa shape index (κ2) is 9.42. The Bertz CT molecular complexity index is 711. The van der Waals surface area contributed by atoms with E-state index in [0.29, 0.717) is 41.9 Å². The van der Waals surface area contributed by atoms with Crippen molar-refractivity contribution in [3.63, 3.8) is 0 Å². The van der Waals surface area contributed by atoms with Crippen LogP contribution in [0.3, 0.4) is 0 Å². The molecule has 0 fully saturated rings. The van der Waals surface area contributed by atoms with Crippen molar-refractivity contribution < 1.29 is 23.7 Å². The van der Waals surface area contributed by atoms with Gasteiger partial charge in [0.15, 0.2) is 23.0 Å². The largest absolute Gasteiger partial charge is 0.493 e. The highest BCUT2D eigenvalue weighted by atomic mass is 16.5. The predicted octanol–water partition coefficient (Wildman–Crippen LogP) is 1.62. The molecule has 140 valence electrons. The predicted molar refractivity (Wildman–Crippen MR) is 95.6 cm³/mol. The zero-order valence-corrected chi connectivity index (χ0v) is 15.2. The first kappa shape index (κ1) is 19.3. The van der Waals surface area contributed by atoms with Gasteiger partial charge in [-0.25, -0.2) is 0 Å². The first-order valence-corrected chi connectivity index (χ1v) is 7.80. The monoisotopic (exact) mass is 362 g/mol. The number of nitrogens with zero attached hydrogens (tertiary/aromatic N) is 2. The Morgan fingerprint density at radius 2 is 1.69 bits per heavy atom. The molecule has 0 bridgehead atoms. The Balaban J connectivity index is 2.12. The third-order valence-electron chi connectivity index (χ3n) is 3.43. The van der Waals surface area contributed by atoms with E-state index in [2.05, 4.69) is 20.8 Å². The van der Waals surface area contributed by atoms with Crippen LogP contribution in [0.2, 0.25) is 0 Å². The van der Waals surface area contributed by atoms with Gasteiger partial charge in [0.25, 0.3) is 5.91 Å². The van der Waals surface area contributed by atoms with Gasteiger partial charge in [-0.1, -0.05) is 0 Å². The number of benzene rings is 1. The molecule has 0 aliphatic rings. The van der Waals surface area contributed by atoms with Gasteiger partial charge < -0.3 is 29.6 Å². The summed E-state index contributed by atoms with van der Waals surface area (Å²) >= 11 is 0. The molecular weight excluding hydrogens is 340 g/mol. The average molecular weight is 362 g/mol. The van der Waals surface area contributed by atoms with E-state index in [0.717, 1.165) is 0 Å². The molecule has 1 aromatic carbocycles. The number of carbonyl (C=O) groups is 1. The number of nitrogens with one attached hydrogen (secondary N) is 2. The molecule has 2 aromatic rings. The van der Waals surface area contributed by atoms with E-state index in [1.165, 1.54) is 21.3 Å². The van der Waals surface area contributed by atoms with Crippen molar-refractivity contribution in [2.75, 3.05) is 46.9 Å². The lowest BCUT2D eigenvalue weighted by Gasteiger charge is -2.14. The highest BCUT2D eigenvalue weighted by Crippen LogP contribution is 2.40. The van der Waals surface area contributed by atoms with Crippen LogP contribution in [0, 0.1) is 0 Å². The van der Waals surface area contributed by atoms with Crippen molar-refractivity contribution >= 4 is 17.4 Å². The normalized spacial score (nSPS) is 10.2. The molecule has 1 aromatic heterocycles.